The summed E-state index contributed by atoms with van der Waals surface area (Å²) < 4.78 is 11.3. The van der Waals surface area contributed by atoms with Gasteiger partial charge in [-0.3, -0.25) is 14.6 Å². The summed E-state index contributed by atoms with van der Waals surface area (Å²) in [6.45, 7) is 5.39. The number of carbonyl (C=O) groups excluding carboxylic acids is 3. The molecule has 2 aliphatic heterocycles. The number of rotatable bonds is 3. The van der Waals surface area contributed by atoms with E-state index in [0.29, 0.717) is 22.4 Å². The Morgan fingerprint density at radius 1 is 0.895 bits per heavy atom. The lowest BCUT2D eigenvalue weighted by molar-refractivity contribution is -0.161. The van der Waals surface area contributed by atoms with Gasteiger partial charge in [-0.1, -0.05) is 60.7 Å². The molecular weight excluding hydrogens is 480 g/mol. The van der Waals surface area contributed by atoms with Gasteiger partial charge < -0.3 is 9.47 Å². The second kappa shape index (κ2) is 8.38. The fourth-order valence-electron chi connectivity index (χ4n) is 6.30. The number of carbonyl (C=O) groups is 3. The number of hydrazone groups is 1. The van der Waals surface area contributed by atoms with Crippen molar-refractivity contribution in [2.45, 2.75) is 44.4 Å². The Labute approximate surface area is 221 Å². The van der Waals surface area contributed by atoms with Gasteiger partial charge in [-0.05, 0) is 49.6 Å². The molecule has 0 aromatic heterocycles. The van der Waals surface area contributed by atoms with Crippen molar-refractivity contribution in [2.75, 3.05) is 7.11 Å². The Balaban J connectivity index is 1.66. The van der Waals surface area contributed by atoms with E-state index in [1.165, 1.54) is 0 Å². The zero-order valence-electron chi connectivity index (χ0n) is 21.7. The number of Topliss-reactive ketones (excluding diaryl/α,β-unsaturated/α-hetero) is 2. The monoisotopic (exact) mass is 508 g/mol. The largest absolute Gasteiger partial charge is 0.497 e. The first-order valence-corrected chi connectivity index (χ1v) is 12.6. The Morgan fingerprint density at radius 2 is 1.50 bits per heavy atom. The lowest BCUT2D eigenvalue weighted by Gasteiger charge is -2.36. The van der Waals surface area contributed by atoms with Gasteiger partial charge in [0.2, 0.25) is 0 Å². The van der Waals surface area contributed by atoms with Gasteiger partial charge >= 0.3 is 5.97 Å². The highest BCUT2D eigenvalue weighted by Crippen LogP contribution is 2.64. The van der Waals surface area contributed by atoms with Crippen LogP contribution in [0.15, 0.2) is 77.9 Å². The summed E-state index contributed by atoms with van der Waals surface area (Å²) in [5.41, 5.74) is 0.591. The molecule has 2 heterocycles. The van der Waals surface area contributed by atoms with Gasteiger partial charge in [0.25, 0.3) is 0 Å². The molecule has 7 nitrogen and oxygen atoms in total. The van der Waals surface area contributed by atoms with Crippen LogP contribution in [0.5, 0.6) is 5.75 Å². The Morgan fingerprint density at radius 3 is 2.11 bits per heavy atom. The smallest absolute Gasteiger partial charge is 0.331 e. The van der Waals surface area contributed by atoms with Gasteiger partial charge in [-0.2, -0.15) is 5.10 Å². The van der Waals surface area contributed by atoms with E-state index in [2.05, 4.69) is 0 Å². The minimum atomic E-state index is -1.62. The number of fused-ring (bicyclic) bond motifs is 5. The van der Waals surface area contributed by atoms with Crippen LogP contribution in [0.3, 0.4) is 0 Å². The quantitative estimate of drug-likeness (QED) is 0.367. The zero-order valence-corrected chi connectivity index (χ0v) is 21.7. The van der Waals surface area contributed by atoms with Crippen LogP contribution in [-0.4, -0.2) is 47.5 Å². The van der Waals surface area contributed by atoms with Crippen molar-refractivity contribution in [1.82, 2.24) is 5.01 Å². The summed E-state index contributed by atoms with van der Waals surface area (Å²) in [6.07, 6.45) is 1.68. The molecule has 1 unspecified atom stereocenters. The van der Waals surface area contributed by atoms with Crippen LogP contribution in [0.1, 0.15) is 70.1 Å². The molecule has 3 aliphatic rings. The van der Waals surface area contributed by atoms with Crippen molar-refractivity contribution in [3.63, 3.8) is 0 Å². The number of hydrogen-bond acceptors (Lipinski definition) is 7. The van der Waals surface area contributed by atoms with Crippen LogP contribution in [0.25, 0.3) is 0 Å². The average molecular weight is 509 g/mol. The summed E-state index contributed by atoms with van der Waals surface area (Å²) in [7, 11) is 1.57. The van der Waals surface area contributed by atoms with Crippen LogP contribution in [0.4, 0.5) is 0 Å². The van der Waals surface area contributed by atoms with E-state index in [1.807, 2.05) is 36.4 Å². The molecule has 0 N–H and O–H groups in total. The third-order valence-electron chi connectivity index (χ3n) is 7.70. The summed E-state index contributed by atoms with van der Waals surface area (Å²) >= 11 is 0. The van der Waals surface area contributed by atoms with E-state index in [-0.39, 0.29) is 11.6 Å². The van der Waals surface area contributed by atoms with Crippen LogP contribution >= 0.6 is 0 Å². The minimum Gasteiger partial charge on any atom is -0.497 e. The highest BCUT2D eigenvalue weighted by molar-refractivity contribution is 6.31. The first kappa shape index (κ1) is 24.1. The number of hydrogen-bond donors (Lipinski definition) is 0. The van der Waals surface area contributed by atoms with Gasteiger partial charge in [0.1, 0.15) is 16.8 Å². The highest BCUT2D eigenvalue weighted by Gasteiger charge is 2.73. The minimum absolute atomic E-state index is 0.299. The number of ether oxygens (including phenoxy) is 2. The molecule has 1 aliphatic carbocycles. The maximum atomic E-state index is 14.6. The van der Waals surface area contributed by atoms with E-state index in [4.69, 9.17) is 14.6 Å². The molecule has 0 radical (unpaired) electrons. The summed E-state index contributed by atoms with van der Waals surface area (Å²) in [6, 6.07) is 19.9. The number of ketones is 2. The second-order valence-electron chi connectivity index (χ2n) is 11.0. The number of esters is 1. The van der Waals surface area contributed by atoms with Crippen LogP contribution in [0, 0.1) is 5.41 Å². The third kappa shape index (κ3) is 3.27. The van der Waals surface area contributed by atoms with Gasteiger partial charge in [-0.15, -0.1) is 0 Å². The van der Waals surface area contributed by atoms with Crippen molar-refractivity contribution in [2.24, 2.45) is 10.5 Å². The molecule has 1 spiro atoms. The first-order valence-electron chi connectivity index (χ1n) is 12.6. The predicted octanol–water partition coefficient (Wildman–Crippen LogP) is 4.96. The lowest BCUT2D eigenvalue weighted by atomic mass is 9.63. The first-order chi connectivity index (χ1) is 18.2. The average Bonchev–Trinajstić information content (AvgIpc) is 3.34. The van der Waals surface area contributed by atoms with E-state index >= 15 is 0 Å². The maximum absolute atomic E-state index is 14.6. The van der Waals surface area contributed by atoms with Crippen LogP contribution in [0.2, 0.25) is 0 Å². The van der Waals surface area contributed by atoms with Gasteiger partial charge in [0.05, 0.1) is 19.4 Å². The Hall–Kier alpha value is -4.26. The molecule has 192 valence electrons. The van der Waals surface area contributed by atoms with Crippen molar-refractivity contribution in [1.29, 1.82) is 0 Å². The number of nitrogens with zero attached hydrogens (tertiary/aromatic N) is 2. The van der Waals surface area contributed by atoms with E-state index in [1.54, 1.807) is 75.5 Å². The molecule has 3 aromatic carbocycles. The van der Waals surface area contributed by atoms with Crippen molar-refractivity contribution in [3.05, 3.63) is 101 Å². The standard InChI is InChI=1S/C31H28N2O5/c1-30(2,3)38-29(36)25-24(18-13-15-20(37-4)16-14-18)31(27(34)22-11-7-8-12-23(22)28(31)35)26-21-10-6-5-9-19(21)17-32-33(25)26/h5-17,24-26H,1-4H3/t24-,25+,26?/m0/s1. The fraction of sp³-hybridized carbons (Fsp3) is 0.290. The molecule has 0 bridgehead atoms. The molecule has 0 amide bonds. The molecule has 1 fully saturated rings. The maximum Gasteiger partial charge on any atom is 0.331 e. The van der Waals surface area contributed by atoms with Gasteiger partial charge in [-0.25, -0.2) is 4.79 Å². The van der Waals surface area contributed by atoms with Crippen molar-refractivity contribution >= 4 is 23.8 Å². The predicted molar refractivity (Wildman–Crippen MR) is 142 cm³/mol. The van der Waals surface area contributed by atoms with E-state index in [0.717, 1.165) is 11.1 Å². The Kier molecular flexibility index (Phi) is 5.31. The molecular formula is C31H28N2O5. The van der Waals surface area contributed by atoms with E-state index in [9.17, 15) is 14.4 Å². The Bertz CT molecular complexity index is 1470. The van der Waals surface area contributed by atoms with Crippen LogP contribution in [-0.2, 0) is 9.53 Å². The summed E-state index contributed by atoms with van der Waals surface area (Å²) in [5, 5.41) is 6.34. The number of methoxy groups -OCH3 is 1. The lowest BCUT2D eigenvalue weighted by Crippen LogP contribution is -2.44. The SMILES string of the molecule is COc1ccc([C@H]2[C@H](C(=O)OC(C)(C)C)N3N=Cc4ccccc4C3C23C(=O)c2ccccc2C3=O)cc1. The third-order valence-corrected chi connectivity index (χ3v) is 7.70. The summed E-state index contributed by atoms with van der Waals surface area (Å²) in [4.78, 5) is 43.1. The van der Waals surface area contributed by atoms with Gasteiger partial charge in [0, 0.05) is 17.0 Å². The molecule has 6 rings (SSSR count). The fourth-order valence-corrected chi connectivity index (χ4v) is 6.30. The van der Waals surface area contributed by atoms with E-state index < -0.39 is 35.0 Å². The van der Waals surface area contributed by atoms with Gasteiger partial charge in [0.15, 0.2) is 17.6 Å². The molecule has 7 heteroatoms. The van der Waals surface area contributed by atoms with Crippen molar-refractivity contribution < 1.29 is 23.9 Å². The molecule has 0 saturated carbocycles. The molecule has 38 heavy (non-hydrogen) atoms. The summed E-state index contributed by atoms with van der Waals surface area (Å²) in [5.74, 6) is -1.36. The molecule has 3 aromatic rings. The molecule has 1 saturated heterocycles. The van der Waals surface area contributed by atoms with Crippen LogP contribution < -0.4 is 4.74 Å². The van der Waals surface area contributed by atoms with Crippen molar-refractivity contribution in [3.8, 4) is 5.75 Å². The number of benzene rings is 3. The topological polar surface area (TPSA) is 85.3 Å². The zero-order chi connectivity index (χ0) is 26.8. The molecule has 3 atom stereocenters. The highest BCUT2D eigenvalue weighted by atomic mass is 16.6. The normalized spacial score (nSPS) is 22.7. The second-order valence-corrected chi connectivity index (χ2v) is 11.0.